The van der Waals surface area contributed by atoms with Crippen LogP contribution in [0.2, 0.25) is 0 Å². The normalized spacial score (nSPS) is 29.7. The van der Waals surface area contributed by atoms with E-state index in [1.165, 1.54) is 25.1 Å². The lowest BCUT2D eigenvalue weighted by atomic mass is 9.95. The molecular formula is C42H44O15. The highest BCUT2D eigenvalue weighted by atomic mass is 16.8. The zero-order valence-corrected chi connectivity index (χ0v) is 30.6. The first-order chi connectivity index (χ1) is 27.3. The molecule has 0 aliphatic carbocycles. The van der Waals surface area contributed by atoms with E-state index in [1.54, 1.807) is 18.2 Å². The molecule has 0 spiro atoms. The first kappa shape index (κ1) is 41.4. The van der Waals surface area contributed by atoms with E-state index in [1.807, 2.05) is 66.7 Å². The minimum absolute atomic E-state index is 0.0149. The Morgan fingerprint density at radius 2 is 1.46 bits per heavy atom. The molecule has 4 aromatic rings. The number of Topliss-reactive ketones (excluding diaryl/α,β-unsaturated/α-hetero) is 1. The first-order valence-corrected chi connectivity index (χ1v) is 18.2. The number of carbonyl (C=O) groups excluding carboxylic acids is 2. The summed E-state index contributed by atoms with van der Waals surface area (Å²) in [5, 5.41) is 81.6. The number of ether oxygens (including phenoxy) is 5. The first-order valence-electron chi connectivity index (χ1n) is 18.2. The molecule has 0 bridgehead atoms. The lowest BCUT2D eigenvalue weighted by molar-refractivity contribution is -0.354. The zero-order chi connectivity index (χ0) is 40.8. The second-order valence-corrected chi connectivity index (χ2v) is 13.7. The summed E-state index contributed by atoms with van der Waals surface area (Å²) in [5.41, 5.74) is 2.28. The molecule has 3 aliphatic rings. The van der Waals surface area contributed by atoms with Crippen molar-refractivity contribution in [1.82, 2.24) is 0 Å². The molecule has 15 nitrogen and oxygen atoms in total. The van der Waals surface area contributed by atoms with Gasteiger partial charge in [-0.05, 0) is 36.3 Å². The molecule has 0 aromatic heterocycles. The Morgan fingerprint density at radius 1 is 0.789 bits per heavy atom. The third kappa shape index (κ3) is 9.68. The number of fused-ring (bicyclic) bond motifs is 1. The van der Waals surface area contributed by atoms with Crippen molar-refractivity contribution in [2.24, 2.45) is 0 Å². The van der Waals surface area contributed by atoms with Crippen LogP contribution in [0.1, 0.15) is 51.3 Å². The summed E-state index contributed by atoms with van der Waals surface area (Å²) in [7, 11) is 0. The molecule has 4 aromatic carbocycles. The number of aliphatic hydroxyl groups is 6. The summed E-state index contributed by atoms with van der Waals surface area (Å²) in [6.45, 7) is 0.716. The maximum Gasteiger partial charge on any atom is 0.229 e. The topological polar surface area (TPSA) is 242 Å². The van der Waals surface area contributed by atoms with Crippen molar-refractivity contribution in [2.45, 2.75) is 80.9 Å². The van der Waals surface area contributed by atoms with Gasteiger partial charge in [-0.1, -0.05) is 78.9 Å². The number of ketones is 2. The molecule has 0 amide bonds. The van der Waals surface area contributed by atoms with E-state index in [2.05, 4.69) is 0 Å². The molecule has 3 heterocycles. The number of phenols is 2. The van der Waals surface area contributed by atoms with Crippen LogP contribution in [0.5, 0.6) is 23.0 Å². The maximum absolute atomic E-state index is 12.9. The molecule has 2 fully saturated rings. The fraction of sp³-hybridized carbons (Fsp3) is 0.333. The van der Waals surface area contributed by atoms with Crippen LogP contribution >= 0.6 is 0 Å². The maximum atomic E-state index is 12.9. The van der Waals surface area contributed by atoms with Crippen molar-refractivity contribution >= 4 is 17.6 Å². The Bertz CT molecular complexity index is 1990. The predicted molar refractivity (Wildman–Crippen MR) is 200 cm³/mol. The molecule has 15 heteroatoms. The van der Waals surface area contributed by atoms with Gasteiger partial charge in [-0.25, -0.2) is 0 Å². The van der Waals surface area contributed by atoms with Gasteiger partial charge >= 0.3 is 0 Å². The summed E-state index contributed by atoms with van der Waals surface area (Å²) in [5.74, 6) is -0.915. The second kappa shape index (κ2) is 18.4. The van der Waals surface area contributed by atoms with Gasteiger partial charge in [0, 0.05) is 17.7 Å². The molecule has 11 atom stereocenters. The number of hydrogen-bond donors (Lipinski definition) is 8. The van der Waals surface area contributed by atoms with Crippen LogP contribution < -0.4 is 9.47 Å². The van der Waals surface area contributed by atoms with Gasteiger partial charge in [0.05, 0.1) is 19.1 Å². The molecular weight excluding hydrogens is 744 g/mol. The summed E-state index contributed by atoms with van der Waals surface area (Å²) >= 11 is 0. The minimum Gasteiger partial charge on any atom is -0.508 e. The molecule has 302 valence electrons. The lowest BCUT2D eigenvalue weighted by Crippen LogP contribution is -2.64. The highest BCUT2D eigenvalue weighted by Gasteiger charge is 2.51. The number of carbonyl (C=O) groups is 2. The molecule has 8 N–H and O–H groups in total. The predicted octanol–water partition coefficient (Wildman–Crippen LogP) is 2.42. The average Bonchev–Trinajstić information content (AvgIpc) is 3.21. The molecule has 1 unspecified atom stereocenters. The number of benzene rings is 4. The molecule has 57 heavy (non-hydrogen) atoms. The van der Waals surface area contributed by atoms with E-state index in [0.717, 1.165) is 17.2 Å². The highest BCUT2D eigenvalue weighted by molar-refractivity contribution is 6.06. The Kier molecular flexibility index (Phi) is 13.4. The number of allylic oxidation sites excluding steroid dienone is 1. The number of rotatable bonds is 9. The van der Waals surface area contributed by atoms with Gasteiger partial charge in [-0.2, -0.15) is 0 Å². The Morgan fingerprint density at radius 3 is 2.12 bits per heavy atom. The molecule has 3 aliphatic heterocycles. The van der Waals surface area contributed by atoms with Crippen LogP contribution in [0.25, 0.3) is 6.08 Å². The van der Waals surface area contributed by atoms with E-state index in [-0.39, 0.29) is 35.0 Å². The van der Waals surface area contributed by atoms with E-state index < -0.39 is 85.7 Å². The summed E-state index contributed by atoms with van der Waals surface area (Å²) in [6.07, 6.45) is -12.6. The van der Waals surface area contributed by atoms with E-state index in [4.69, 9.17) is 23.7 Å². The summed E-state index contributed by atoms with van der Waals surface area (Å²) in [6, 6.07) is 27.6. The van der Waals surface area contributed by atoms with Crippen molar-refractivity contribution in [3.05, 3.63) is 125 Å². The average molecular weight is 789 g/mol. The quantitative estimate of drug-likeness (QED) is 0.0898. The van der Waals surface area contributed by atoms with Gasteiger partial charge in [-0.15, -0.1) is 0 Å². The van der Waals surface area contributed by atoms with Crippen molar-refractivity contribution < 1.29 is 74.1 Å². The fourth-order valence-corrected chi connectivity index (χ4v) is 6.50. The van der Waals surface area contributed by atoms with E-state index in [9.17, 15) is 50.4 Å². The summed E-state index contributed by atoms with van der Waals surface area (Å²) in [4.78, 5) is 24.6. The standard InChI is InChI=1S/C27H32O14.C15H12O/c1-10-20(32)22(34)24(36)26(37-10)41-25-23(35)21(33)18(9-28)40-27(25)38-13-6-14(30)19-15(31)8-16(39-17(19)7-13)11-2-4-12(29)5-3-11;16-15(14-9-5-2-6-10-14)12-11-13-7-3-1-4-8-13/h2-7,10,16,18,20-30,32-36H,8-9H2,1H3;1-12H/t10-,16?,18+,20-,21+,22+,23-,24+,25+,26-,27+;/m0./s1. The van der Waals surface area contributed by atoms with Crippen molar-refractivity contribution in [1.29, 1.82) is 0 Å². The summed E-state index contributed by atoms with van der Waals surface area (Å²) < 4.78 is 28.6. The molecule has 2 saturated heterocycles. The van der Waals surface area contributed by atoms with Crippen molar-refractivity contribution in [2.75, 3.05) is 6.61 Å². The van der Waals surface area contributed by atoms with Crippen molar-refractivity contribution in [3.8, 4) is 23.0 Å². The fourth-order valence-electron chi connectivity index (χ4n) is 6.50. The van der Waals surface area contributed by atoms with Gasteiger partial charge in [0.1, 0.15) is 71.3 Å². The lowest BCUT2D eigenvalue weighted by Gasteiger charge is -2.45. The van der Waals surface area contributed by atoms with Gasteiger partial charge < -0.3 is 64.5 Å². The van der Waals surface area contributed by atoms with Crippen LogP contribution in [0.3, 0.4) is 0 Å². The third-order valence-corrected chi connectivity index (χ3v) is 9.70. The highest BCUT2D eigenvalue weighted by Crippen LogP contribution is 2.43. The van der Waals surface area contributed by atoms with Crippen LogP contribution in [0.4, 0.5) is 0 Å². The molecule has 0 radical (unpaired) electrons. The third-order valence-electron chi connectivity index (χ3n) is 9.70. The zero-order valence-electron chi connectivity index (χ0n) is 30.6. The Labute approximate surface area is 327 Å². The van der Waals surface area contributed by atoms with Gasteiger partial charge in [0.25, 0.3) is 0 Å². The number of aliphatic hydroxyl groups excluding tert-OH is 6. The molecule has 0 saturated carbocycles. The largest absolute Gasteiger partial charge is 0.508 e. The number of phenolic OH excluding ortho intramolecular Hbond substituents is 2. The van der Waals surface area contributed by atoms with Gasteiger partial charge in [-0.3, -0.25) is 9.59 Å². The molecule has 7 rings (SSSR count). The second-order valence-electron chi connectivity index (χ2n) is 13.7. The van der Waals surface area contributed by atoms with Crippen LogP contribution in [0.15, 0.2) is 103 Å². The monoisotopic (exact) mass is 788 g/mol. The van der Waals surface area contributed by atoms with Crippen molar-refractivity contribution in [3.63, 3.8) is 0 Å². The smallest absolute Gasteiger partial charge is 0.229 e. The van der Waals surface area contributed by atoms with E-state index in [0.29, 0.717) is 5.56 Å². The minimum atomic E-state index is -1.75. The van der Waals surface area contributed by atoms with Crippen LogP contribution in [-0.2, 0) is 14.2 Å². The number of aromatic hydroxyl groups is 2. The Balaban J connectivity index is 0.000000286. The van der Waals surface area contributed by atoms with Gasteiger partial charge in [0.15, 0.2) is 24.0 Å². The number of hydrogen-bond acceptors (Lipinski definition) is 15. The van der Waals surface area contributed by atoms with Gasteiger partial charge in [0.2, 0.25) is 6.29 Å². The SMILES string of the molecule is C[C@@H]1O[C@@H](O[C@H]2[C@H](Oc3cc(O)c4c(c3)OC(c3ccc(O)cc3)CC4=O)O[C@H](CO)[C@@H](O)[C@@H]2O)[C@H](O)[C@H](O)[C@H]1O.O=C(C=Cc1ccccc1)c1ccccc1. The van der Waals surface area contributed by atoms with E-state index >= 15 is 0 Å². The van der Waals surface area contributed by atoms with Crippen LogP contribution in [-0.4, -0.2) is 120 Å². The van der Waals surface area contributed by atoms with Crippen LogP contribution in [0, 0.1) is 0 Å². The Hall–Kier alpha value is -5.20.